The summed E-state index contributed by atoms with van der Waals surface area (Å²) in [5.74, 6) is -0.218. The van der Waals surface area contributed by atoms with Gasteiger partial charge in [0.25, 0.3) is 0 Å². The number of ether oxygens (including phenoxy) is 1. The molecule has 0 saturated heterocycles. The number of carbonyl (C=O) groups excluding carboxylic acids is 1. The van der Waals surface area contributed by atoms with Crippen LogP contribution in [0.1, 0.15) is 21.5 Å². The maximum atomic E-state index is 11.7. The molecule has 0 unspecified atom stereocenters. The van der Waals surface area contributed by atoms with Gasteiger partial charge in [0.15, 0.2) is 0 Å². The molecule has 4 rings (SSSR count). The lowest BCUT2D eigenvalue weighted by Crippen LogP contribution is -1.99. The predicted molar refractivity (Wildman–Crippen MR) is 86.8 cm³/mol. The number of para-hydroxylation sites is 1. The highest BCUT2D eigenvalue weighted by molar-refractivity contribution is 5.99. The number of benzene rings is 3. The monoisotopic (exact) mass is 289 g/mol. The second-order valence-electron chi connectivity index (χ2n) is 5.49. The Hall–Kier alpha value is -2.81. The largest absolute Gasteiger partial charge is 0.457 e. The number of fused-ring (bicyclic) bond motifs is 2. The summed E-state index contributed by atoms with van der Waals surface area (Å²) in [5.41, 5.74) is 3.95. The van der Waals surface area contributed by atoms with Crippen molar-refractivity contribution in [1.29, 1.82) is 0 Å². The molecule has 1 aliphatic heterocycles. The van der Waals surface area contributed by atoms with E-state index in [4.69, 9.17) is 4.74 Å². The first-order valence-corrected chi connectivity index (χ1v) is 7.31. The van der Waals surface area contributed by atoms with Crippen LogP contribution in [0.3, 0.4) is 0 Å². The molecule has 3 heteroatoms. The van der Waals surface area contributed by atoms with Crippen molar-refractivity contribution in [1.82, 2.24) is 0 Å². The molecule has 0 radical (unpaired) electrons. The lowest BCUT2D eigenvalue weighted by Gasteiger charge is -2.08. The van der Waals surface area contributed by atoms with Crippen LogP contribution < -0.4 is 5.32 Å². The summed E-state index contributed by atoms with van der Waals surface area (Å²) >= 11 is 0. The summed E-state index contributed by atoms with van der Waals surface area (Å²) in [5, 5.41) is 5.61. The van der Waals surface area contributed by atoms with E-state index in [1.54, 1.807) is 0 Å². The van der Waals surface area contributed by atoms with Gasteiger partial charge in [-0.25, -0.2) is 4.79 Å². The molecule has 3 aromatic rings. The summed E-state index contributed by atoms with van der Waals surface area (Å²) in [6.07, 6.45) is 0. The molecule has 108 valence electrons. The fourth-order valence-corrected chi connectivity index (χ4v) is 2.79. The molecule has 3 nitrogen and oxygen atoms in total. The molecule has 0 amide bonds. The quantitative estimate of drug-likeness (QED) is 0.737. The van der Waals surface area contributed by atoms with Crippen LogP contribution in [0.4, 0.5) is 5.69 Å². The van der Waals surface area contributed by atoms with Crippen molar-refractivity contribution in [3.05, 3.63) is 77.4 Å². The summed E-state index contributed by atoms with van der Waals surface area (Å²) in [6.45, 7) is 1.14. The van der Waals surface area contributed by atoms with Gasteiger partial charge in [-0.05, 0) is 46.7 Å². The van der Waals surface area contributed by atoms with Crippen molar-refractivity contribution in [3.63, 3.8) is 0 Å². The van der Waals surface area contributed by atoms with Gasteiger partial charge in [-0.3, -0.25) is 0 Å². The lowest BCUT2D eigenvalue weighted by atomic mass is 10.0. The summed E-state index contributed by atoms with van der Waals surface area (Å²) in [4.78, 5) is 11.7. The van der Waals surface area contributed by atoms with Crippen LogP contribution in [0, 0.1) is 0 Å². The van der Waals surface area contributed by atoms with Gasteiger partial charge in [0, 0.05) is 17.8 Å². The van der Waals surface area contributed by atoms with E-state index in [0.29, 0.717) is 12.2 Å². The van der Waals surface area contributed by atoms with Crippen molar-refractivity contribution >= 4 is 22.4 Å². The maximum Gasteiger partial charge on any atom is 0.338 e. The van der Waals surface area contributed by atoms with Crippen LogP contribution in [0.15, 0.2) is 60.7 Å². The first-order valence-electron chi connectivity index (χ1n) is 7.31. The fraction of sp³-hybridized carbons (Fsp3) is 0.105. The molecular formula is C19H15NO2. The van der Waals surface area contributed by atoms with E-state index < -0.39 is 0 Å². The van der Waals surface area contributed by atoms with Gasteiger partial charge in [-0.15, -0.1) is 0 Å². The minimum atomic E-state index is -0.218. The normalized spacial score (nSPS) is 13.0. The average molecular weight is 289 g/mol. The van der Waals surface area contributed by atoms with Gasteiger partial charge in [0.05, 0.1) is 5.56 Å². The number of cyclic esters (lactones) is 1. The van der Waals surface area contributed by atoms with E-state index in [1.165, 1.54) is 5.56 Å². The van der Waals surface area contributed by atoms with E-state index >= 15 is 0 Å². The van der Waals surface area contributed by atoms with Gasteiger partial charge in [-0.1, -0.05) is 30.3 Å². The first kappa shape index (κ1) is 12.9. The zero-order valence-corrected chi connectivity index (χ0v) is 12.0. The third-order valence-corrected chi connectivity index (χ3v) is 3.98. The standard InChI is InChI=1S/C19H15NO2/c21-19-18-10-15-8-13(11-20-17-4-2-1-3-5-17)6-7-14(15)9-16(18)12-22-19/h1-10,20H,11-12H2. The topological polar surface area (TPSA) is 38.3 Å². The second-order valence-corrected chi connectivity index (χ2v) is 5.49. The second kappa shape index (κ2) is 5.19. The van der Waals surface area contributed by atoms with Gasteiger partial charge < -0.3 is 10.1 Å². The molecular weight excluding hydrogens is 274 g/mol. The van der Waals surface area contributed by atoms with E-state index in [-0.39, 0.29) is 5.97 Å². The highest BCUT2D eigenvalue weighted by atomic mass is 16.5. The van der Waals surface area contributed by atoms with Crippen LogP contribution in [0.25, 0.3) is 10.8 Å². The SMILES string of the molecule is O=C1OCc2cc3ccc(CNc4ccccc4)cc3cc21. The highest BCUT2D eigenvalue weighted by Gasteiger charge is 2.21. The first-order chi connectivity index (χ1) is 10.8. The van der Waals surface area contributed by atoms with Crippen molar-refractivity contribution < 1.29 is 9.53 Å². The molecule has 0 fully saturated rings. The molecule has 1 N–H and O–H groups in total. The Morgan fingerprint density at radius 1 is 0.955 bits per heavy atom. The minimum Gasteiger partial charge on any atom is -0.457 e. The number of rotatable bonds is 3. The van der Waals surface area contributed by atoms with Gasteiger partial charge in [0.1, 0.15) is 6.61 Å². The molecule has 22 heavy (non-hydrogen) atoms. The predicted octanol–water partition coefficient (Wildman–Crippen LogP) is 4.12. The van der Waals surface area contributed by atoms with E-state index in [2.05, 4.69) is 23.5 Å². The summed E-state index contributed by atoms with van der Waals surface area (Å²) in [6, 6.07) is 20.4. The smallest absolute Gasteiger partial charge is 0.338 e. The lowest BCUT2D eigenvalue weighted by molar-refractivity contribution is 0.0535. The summed E-state index contributed by atoms with van der Waals surface area (Å²) < 4.78 is 5.08. The fourth-order valence-electron chi connectivity index (χ4n) is 2.79. The molecule has 0 bridgehead atoms. The van der Waals surface area contributed by atoms with Crippen molar-refractivity contribution in [2.24, 2.45) is 0 Å². The van der Waals surface area contributed by atoms with Crippen molar-refractivity contribution in [2.45, 2.75) is 13.2 Å². The Morgan fingerprint density at radius 2 is 1.82 bits per heavy atom. The molecule has 0 atom stereocenters. The van der Waals surface area contributed by atoms with Crippen LogP contribution in [-0.2, 0) is 17.9 Å². The number of esters is 1. The third kappa shape index (κ3) is 2.31. The molecule has 0 aromatic heterocycles. The number of hydrogen-bond donors (Lipinski definition) is 1. The highest BCUT2D eigenvalue weighted by Crippen LogP contribution is 2.27. The molecule has 0 saturated carbocycles. The molecule has 0 aliphatic carbocycles. The Bertz CT molecular complexity index is 856. The number of anilines is 1. The van der Waals surface area contributed by atoms with Gasteiger partial charge >= 0.3 is 5.97 Å². The Labute approximate surface area is 128 Å². The number of carbonyl (C=O) groups is 1. The Balaban J connectivity index is 1.63. The minimum absolute atomic E-state index is 0.218. The van der Waals surface area contributed by atoms with Gasteiger partial charge in [-0.2, -0.15) is 0 Å². The Kier molecular flexibility index (Phi) is 3.04. The summed E-state index contributed by atoms with van der Waals surface area (Å²) in [7, 11) is 0. The van der Waals surface area contributed by atoms with Crippen LogP contribution >= 0.6 is 0 Å². The third-order valence-electron chi connectivity index (χ3n) is 3.98. The van der Waals surface area contributed by atoms with Crippen molar-refractivity contribution in [3.8, 4) is 0 Å². The molecule has 1 aliphatic rings. The maximum absolute atomic E-state index is 11.7. The van der Waals surface area contributed by atoms with E-state index in [0.717, 1.165) is 28.6 Å². The molecule has 1 heterocycles. The van der Waals surface area contributed by atoms with E-state index in [9.17, 15) is 4.79 Å². The van der Waals surface area contributed by atoms with Crippen LogP contribution in [-0.4, -0.2) is 5.97 Å². The van der Waals surface area contributed by atoms with Crippen LogP contribution in [0.2, 0.25) is 0 Å². The van der Waals surface area contributed by atoms with E-state index in [1.807, 2.05) is 42.5 Å². The number of hydrogen-bond acceptors (Lipinski definition) is 3. The Morgan fingerprint density at radius 3 is 2.68 bits per heavy atom. The average Bonchev–Trinajstić information content (AvgIpc) is 2.92. The van der Waals surface area contributed by atoms with Crippen molar-refractivity contribution in [2.75, 3.05) is 5.32 Å². The molecule has 3 aromatic carbocycles. The van der Waals surface area contributed by atoms with Gasteiger partial charge in [0.2, 0.25) is 0 Å². The zero-order chi connectivity index (χ0) is 14.9. The van der Waals surface area contributed by atoms with Crippen LogP contribution in [0.5, 0.6) is 0 Å². The molecule has 0 spiro atoms. The number of nitrogens with one attached hydrogen (secondary N) is 1. The zero-order valence-electron chi connectivity index (χ0n) is 12.0.